The van der Waals surface area contributed by atoms with E-state index in [-0.39, 0.29) is 45.7 Å². The molecule has 0 aliphatic carbocycles. The van der Waals surface area contributed by atoms with Gasteiger partial charge < -0.3 is 19.7 Å². The average Bonchev–Trinajstić information content (AvgIpc) is 3.76. The first-order valence-electron chi connectivity index (χ1n) is 16.7. The molecule has 56 heavy (non-hydrogen) atoms. The number of azo groups is 2. The van der Waals surface area contributed by atoms with Crippen molar-refractivity contribution in [3.8, 4) is 40.5 Å². The third-order valence-electron chi connectivity index (χ3n) is 9.39. The van der Waals surface area contributed by atoms with Gasteiger partial charge in [0.2, 0.25) is 17.4 Å². The summed E-state index contributed by atoms with van der Waals surface area (Å²) in [5.74, 6) is 0.324. The zero-order chi connectivity index (χ0) is 39.4. The highest BCUT2D eigenvalue weighted by molar-refractivity contribution is 6.31. The number of hydrogen-bond acceptors (Lipinski definition) is 11. The number of aromatic nitrogens is 4. The van der Waals surface area contributed by atoms with Gasteiger partial charge in [-0.3, -0.25) is 8.80 Å². The molecule has 4 aromatic heterocycles. The van der Waals surface area contributed by atoms with E-state index >= 15 is 0 Å². The summed E-state index contributed by atoms with van der Waals surface area (Å²) in [6.45, 7) is 11.2. The number of nitrogens with zero attached hydrogens (tertiary/aromatic N) is 10. The van der Waals surface area contributed by atoms with Crippen LogP contribution in [0.5, 0.6) is 23.3 Å². The maximum absolute atomic E-state index is 11.4. The molecule has 0 aliphatic heterocycles. The van der Waals surface area contributed by atoms with E-state index < -0.39 is 0 Å². The summed E-state index contributed by atoms with van der Waals surface area (Å²) in [5, 5.41) is 51.2. The number of fused-ring (bicyclic) bond motifs is 6. The van der Waals surface area contributed by atoms with Crippen LogP contribution in [0.1, 0.15) is 16.7 Å². The van der Waals surface area contributed by atoms with Gasteiger partial charge in [0, 0.05) is 15.6 Å². The predicted octanol–water partition coefficient (Wildman–Crippen LogP) is 11.6. The second-order valence-electron chi connectivity index (χ2n) is 12.5. The lowest BCUT2D eigenvalue weighted by Crippen LogP contribution is -1.95. The molecule has 0 spiro atoms. The quantitative estimate of drug-likeness (QED) is 0.120. The molecular weight excluding hydrogens is 755 g/mol. The van der Waals surface area contributed by atoms with Crippen LogP contribution in [0.3, 0.4) is 0 Å². The first kappa shape index (κ1) is 35.8. The maximum Gasteiger partial charge on any atom is 0.234 e. The zero-order valence-corrected chi connectivity index (χ0v) is 31.4. The second kappa shape index (κ2) is 13.9. The van der Waals surface area contributed by atoms with Crippen molar-refractivity contribution in [3.63, 3.8) is 0 Å². The van der Waals surface area contributed by atoms with Crippen LogP contribution in [0.25, 0.3) is 49.3 Å². The molecule has 2 N–H and O–H groups in total. The molecule has 4 aromatic carbocycles. The minimum absolute atomic E-state index is 0.0981. The van der Waals surface area contributed by atoms with Gasteiger partial charge in [0.25, 0.3) is 0 Å². The molecule has 0 fully saturated rings. The minimum Gasteiger partial charge on any atom is -0.494 e. The van der Waals surface area contributed by atoms with Crippen molar-refractivity contribution in [1.82, 2.24) is 18.8 Å². The van der Waals surface area contributed by atoms with Crippen molar-refractivity contribution in [2.45, 2.75) is 13.8 Å². The summed E-state index contributed by atoms with van der Waals surface area (Å²) in [5.41, 5.74) is 6.44. The number of rotatable bonds is 7. The normalized spacial score (nSPS) is 11.7. The molecule has 0 saturated heterocycles. The van der Waals surface area contributed by atoms with Gasteiger partial charge in [-0.1, -0.05) is 35.3 Å². The average molecular weight is 782 g/mol. The SMILES string of the molecule is [C-]#[N+]c1c(C)c(N=Nc2ccc(-c3ccc(N=Nc4c(C)c(C#N)c5nc6cc(Cl)ccc6n5c4O)c(OC)c3)cc2OC)c(O)n2c1nc1cc(Cl)ccc12. The molecular formula is C40H26Cl2N10O4. The van der Waals surface area contributed by atoms with Crippen LogP contribution in [0, 0.1) is 31.8 Å². The van der Waals surface area contributed by atoms with Crippen LogP contribution >= 0.6 is 23.2 Å². The summed E-state index contributed by atoms with van der Waals surface area (Å²) in [7, 11) is 3.01. The first-order chi connectivity index (χ1) is 27.1. The number of aromatic hydroxyl groups is 2. The highest BCUT2D eigenvalue weighted by Gasteiger charge is 2.23. The summed E-state index contributed by atoms with van der Waals surface area (Å²) < 4.78 is 14.3. The Morgan fingerprint density at radius 2 is 1.18 bits per heavy atom. The fourth-order valence-electron chi connectivity index (χ4n) is 6.57. The van der Waals surface area contributed by atoms with Gasteiger partial charge in [0.1, 0.15) is 45.8 Å². The Labute approximate surface area is 327 Å². The van der Waals surface area contributed by atoms with Gasteiger partial charge in [0.05, 0.1) is 42.9 Å². The van der Waals surface area contributed by atoms with Crippen LogP contribution in [0.2, 0.25) is 10.0 Å². The number of ether oxygens (including phenoxy) is 2. The highest BCUT2D eigenvalue weighted by atomic mass is 35.5. The van der Waals surface area contributed by atoms with E-state index in [9.17, 15) is 15.5 Å². The smallest absolute Gasteiger partial charge is 0.234 e. The predicted molar refractivity (Wildman–Crippen MR) is 213 cm³/mol. The third kappa shape index (κ3) is 5.72. The molecule has 16 heteroatoms. The lowest BCUT2D eigenvalue weighted by atomic mass is 10.0. The van der Waals surface area contributed by atoms with Crippen LogP contribution in [0.15, 0.2) is 93.3 Å². The molecule has 0 saturated carbocycles. The van der Waals surface area contributed by atoms with Crippen molar-refractivity contribution < 1.29 is 19.7 Å². The first-order valence-corrected chi connectivity index (χ1v) is 17.5. The Bertz CT molecular complexity index is 2910. The van der Waals surface area contributed by atoms with E-state index in [2.05, 4.69) is 41.3 Å². The number of benzene rings is 4. The fourth-order valence-corrected chi connectivity index (χ4v) is 6.90. The van der Waals surface area contributed by atoms with Crippen molar-refractivity contribution in [1.29, 1.82) is 5.26 Å². The highest BCUT2D eigenvalue weighted by Crippen LogP contribution is 2.44. The number of nitriles is 1. The molecule has 8 rings (SSSR count). The number of hydrogen-bond donors (Lipinski definition) is 2. The third-order valence-corrected chi connectivity index (χ3v) is 9.86. The van der Waals surface area contributed by atoms with Crippen molar-refractivity contribution in [2.24, 2.45) is 20.5 Å². The van der Waals surface area contributed by atoms with E-state index in [0.29, 0.717) is 66.1 Å². The van der Waals surface area contributed by atoms with Crippen LogP contribution in [-0.2, 0) is 0 Å². The Kier molecular flexibility index (Phi) is 8.85. The number of pyridine rings is 2. The molecule has 4 heterocycles. The monoisotopic (exact) mass is 780 g/mol. The molecule has 0 bridgehead atoms. The standard InChI is InChI=1S/C40H26Cl2N10O4/c1-19-25(18-43)37-45-28-16-23(41)8-12-30(28)51(37)39(53)35(19)49-47-26-10-6-21(14-32(26)55-4)22-7-11-27(33(15-22)56-5)48-50-36-20(2)34(44-3)38-46-29-17-24(42)9-13-31(29)52(38)40(36)54/h6-17,53-54H,1-2,4-5H3. The summed E-state index contributed by atoms with van der Waals surface area (Å²) >= 11 is 12.3. The number of halogens is 2. The molecule has 0 radical (unpaired) electrons. The van der Waals surface area contributed by atoms with E-state index in [1.54, 1.807) is 74.5 Å². The molecule has 14 nitrogen and oxygen atoms in total. The lowest BCUT2D eigenvalue weighted by Gasteiger charge is -2.11. The summed E-state index contributed by atoms with van der Waals surface area (Å²) in [6.07, 6.45) is 0. The largest absolute Gasteiger partial charge is 0.494 e. The van der Waals surface area contributed by atoms with Gasteiger partial charge in [0.15, 0.2) is 11.3 Å². The van der Waals surface area contributed by atoms with Gasteiger partial charge >= 0.3 is 0 Å². The van der Waals surface area contributed by atoms with Gasteiger partial charge in [-0.05, 0) is 91.2 Å². The minimum atomic E-state index is -0.233. The molecule has 0 aliphatic rings. The molecule has 8 aromatic rings. The van der Waals surface area contributed by atoms with Crippen LogP contribution in [0.4, 0.5) is 28.4 Å². The Balaban J connectivity index is 1.13. The Hall–Kier alpha value is -7.26. The summed E-state index contributed by atoms with van der Waals surface area (Å²) in [6, 6.07) is 22.9. The molecule has 0 atom stereocenters. The van der Waals surface area contributed by atoms with Gasteiger partial charge in [-0.15, -0.1) is 20.5 Å². The molecule has 274 valence electrons. The Morgan fingerprint density at radius 3 is 1.66 bits per heavy atom. The van der Waals surface area contributed by atoms with Crippen molar-refractivity contribution in [2.75, 3.05) is 14.2 Å². The van der Waals surface area contributed by atoms with E-state index in [1.807, 2.05) is 12.1 Å². The van der Waals surface area contributed by atoms with E-state index in [4.69, 9.17) is 39.2 Å². The topological polar surface area (TPSA) is 171 Å². The molecule has 0 unspecified atom stereocenters. The molecule has 0 amide bonds. The van der Waals surface area contributed by atoms with Crippen molar-refractivity contribution >= 4 is 85.0 Å². The fraction of sp³-hybridized carbons (Fsp3) is 0.100. The van der Waals surface area contributed by atoms with E-state index in [0.717, 1.165) is 11.1 Å². The zero-order valence-electron chi connectivity index (χ0n) is 29.9. The maximum atomic E-state index is 11.4. The Morgan fingerprint density at radius 1 is 0.696 bits per heavy atom. The lowest BCUT2D eigenvalue weighted by molar-refractivity contribution is 0.415. The second-order valence-corrected chi connectivity index (χ2v) is 13.4. The number of imidazole rings is 2. The summed E-state index contributed by atoms with van der Waals surface area (Å²) in [4.78, 5) is 12.7. The van der Waals surface area contributed by atoms with Crippen molar-refractivity contribution in [3.05, 3.63) is 111 Å². The van der Waals surface area contributed by atoms with Crippen LogP contribution in [-0.4, -0.2) is 43.2 Å². The van der Waals surface area contributed by atoms with Gasteiger partial charge in [-0.2, -0.15) is 5.26 Å². The van der Waals surface area contributed by atoms with Gasteiger partial charge in [-0.25, -0.2) is 14.8 Å². The van der Waals surface area contributed by atoms with Crippen LogP contribution < -0.4 is 9.47 Å². The van der Waals surface area contributed by atoms with E-state index in [1.165, 1.54) is 23.0 Å². The number of methoxy groups -OCH3 is 2.